The summed E-state index contributed by atoms with van der Waals surface area (Å²) in [6.07, 6.45) is 1.79. The van der Waals surface area contributed by atoms with Crippen molar-refractivity contribution in [2.24, 2.45) is 11.7 Å². The Hall–Kier alpha value is -1.88. The number of likely N-dealkylation sites (tertiary alicyclic amines) is 1. The highest BCUT2D eigenvalue weighted by atomic mass is 16.2. The van der Waals surface area contributed by atoms with Crippen LogP contribution in [0.3, 0.4) is 0 Å². The van der Waals surface area contributed by atoms with Crippen LogP contribution in [0.25, 0.3) is 0 Å². The predicted molar refractivity (Wildman–Crippen MR) is 86.6 cm³/mol. The molecule has 22 heavy (non-hydrogen) atoms. The zero-order valence-corrected chi connectivity index (χ0v) is 13.4. The standard InChI is InChI=1S/C17H25N3O2/c1-12(2)13-5-7-15(8-6-13)19-16(21)11-20-9-3-4-14(10-20)17(18)22/h5-8,12,14H,3-4,9-11H2,1-2H3,(H2,18,22)(H,19,21)/p+1/t14-/m1/s1. The lowest BCUT2D eigenvalue weighted by atomic mass is 9.97. The van der Waals surface area contributed by atoms with Gasteiger partial charge in [0, 0.05) is 5.69 Å². The van der Waals surface area contributed by atoms with Gasteiger partial charge in [0.05, 0.1) is 19.0 Å². The molecule has 1 aromatic rings. The van der Waals surface area contributed by atoms with Crippen molar-refractivity contribution in [3.8, 4) is 0 Å². The summed E-state index contributed by atoms with van der Waals surface area (Å²) in [5.41, 5.74) is 7.44. The van der Waals surface area contributed by atoms with E-state index in [9.17, 15) is 9.59 Å². The van der Waals surface area contributed by atoms with Crippen LogP contribution < -0.4 is 16.0 Å². The molecule has 1 unspecified atom stereocenters. The monoisotopic (exact) mass is 304 g/mol. The number of piperidine rings is 1. The number of benzene rings is 1. The molecule has 2 atom stereocenters. The Balaban J connectivity index is 1.86. The van der Waals surface area contributed by atoms with Gasteiger partial charge in [-0.15, -0.1) is 0 Å². The number of anilines is 1. The fourth-order valence-corrected chi connectivity index (χ4v) is 2.94. The van der Waals surface area contributed by atoms with Crippen LogP contribution in [-0.2, 0) is 9.59 Å². The Labute approximate surface area is 131 Å². The van der Waals surface area contributed by atoms with Gasteiger partial charge in [0.25, 0.3) is 5.91 Å². The first kappa shape index (κ1) is 16.5. The number of amides is 2. The maximum Gasteiger partial charge on any atom is 0.279 e. The molecule has 0 bridgehead atoms. The lowest BCUT2D eigenvalue weighted by Gasteiger charge is -2.27. The van der Waals surface area contributed by atoms with E-state index in [0.717, 1.165) is 30.0 Å². The first-order chi connectivity index (χ1) is 10.5. The number of carbonyl (C=O) groups is 2. The molecule has 2 amide bonds. The molecule has 4 N–H and O–H groups in total. The summed E-state index contributed by atoms with van der Waals surface area (Å²) in [5, 5.41) is 2.92. The van der Waals surface area contributed by atoms with E-state index >= 15 is 0 Å². The van der Waals surface area contributed by atoms with Crippen molar-refractivity contribution in [3.05, 3.63) is 29.8 Å². The average Bonchev–Trinajstić information content (AvgIpc) is 2.47. The predicted octanol–water partition coefficient (Wildman–Crippen LogP) is 0.529. The molecule has 1 aromatic carbocycles. The van der Waals surface area contributed by atoms with Gasteiger partial charge < -0.3 is 16.0 Å². The molecular weight excluding hydrogens is 278 g/mol. The second-order valence-corrected chi connectivity index (χ2v) is 6.45. The molecule has 0 aliphatic carbocycles. The van der Waals surface area contributed by atoms with Crippen LogP contribution in [0.1, 0.15) is 38.2 Å². The Kier molecular flexibility index (Phi) is 5.55. The molecule has 2 rings (SSSR count). The quantitative estimate of drug-likeness (QED) is 0.742. The van der Waals surface area contributed by atoms with E-state index < -0.39 is 0 Å². The minimum Gasteiger partial charge on any atom is -0.369 e. The normalized spacial score (nSPS) is 21.6. The minimum absolute atomic E-state index is 0.0163. The summed E-state index contributed by atoms with van der Waals surface area (Å²) in [6.45, 7) is 6.25. The fourth-order valence-electron chi connectivity index (χ4n) is 2.94. The highest BCUT2D eigenvalue weighted by molar-refractivity contribution is 5.91. The molecule has 0 radical (unpaired) electrons. The van der Waals surface area contributed by atoms with Crippen LogP contribution in [0.5, 0.6) is 0 Å². The summed E-state index contributed by atoms with van der Waals surface area (Å²) in [4.78, 5) is 24.5. The fraction of sp³-hybridized carbons (Fsp3) is 0.529. The molecular formula is C17H26N3O2+. The molecule has 0 spiro atoms. The van der Waals surface area contributed by atoms with Crippen LogP contribution in [0.2, 0.25) is 0 Å². The summed E-state index contributed by atoms with van der Waals surface area (Å²) >= 11 is 0. The molecule has 5 nitrogen and oxygen atoms in total. The zero-order chi connectivity index (χ0) is 16.1. The SMILES string of the molecule is CC(C)c1ccc(NC(=O)C[NH+]2CCC[C@@H](C(N)=O)C2)cc1. The first-order valence-corrected chi connectivity index (χ1v) is 7.98. The van der Waals surface area contributed by atoms with Gasteiger partial charge in [-0.25, -0.2) is 0 Å². The molecule has 1 aliphatic heterocycles. The molecule has 1 heterocycles. The average molecular weight is 304 g/mol. The zero-order valence-electron chi connectivity index (χ0n) is 13.4. The largest absolute Gasteiger partial charge is 0.369 e. The van der Waals surface area contributed by atoms with Crippen LogP contribution in [0.4, 0.5) is 5.69 Å². The number of primary amides is 1. The lowest BCUT2D eigenvalue weighted by Crippen LogP contribution is -3.14. The summed E-state index contributed by atoms with van der Waals surface area (Å²) < 4.78 is 0. The van der Waals surface area contributed by atoms with E-state index in [0.29, 0.717) is 19.0 Å². The third-order valence-electron chi connectivity index (χ3n) is 4.29. The summed E-state index contributed by atoms with van der Waals surface area (Å²) in [7, 11) is 0. The number of quaternary nitrogens is 1. The smallest absolute Gasteiger partial charge is 0.279 e. The maximum absolute atomic E-state index is 12.1. The number of nitrogens with one attached hydrogen (secondary N) is 2. The van der Waals surface area contributed by atoms with E-state index in [1.165, 1.54) is 5.56 Å². The topological polar surface area (TPSA) is 76.6 Å². The van der Waals surface area contributed by atoms with Crippen molar-refractivity contribution < 1.29 is 14.5 Å². The van der Waals surface area contributed by atoms with Gasteiger partial charge in [-0.1, -0.05) is 26.0 Å². The third-order valence-corrected chi connectivity index (χ3v) is 4.29. The Bertz CT molecular complexity index is 525. The minimum atomic E-state index is -0.248. The van der Waals surface area contributed by atoms with Gasteiger partial charge in [-0.05, 0) is 36.5 Å². The lowest BCUT2D eigenvalue weighted by molar-refractivity contribution is -0.899. The summed E-state index contributed by atoms with van der Waals surface area (Å²) in [6, 6.07) is 7.95. The van der Waals surface area contributed by atoms with Gasteiger partial charge in [0.15, 0.2) is 6.54 Å². The van der Waals surface area contributed by atoms with Gasteiger partial charge in [-0.2, -0.15) is 0 Å². The van der Waals surface area contributed by atoms with Crippen LogP contribution in [0.15, 0.2) is 24.3 Å². The van der Waals surface area contributed by atoms with E-state index in [-0.39, 0.29) is 17.7 Å². The molecule has 120 valence electrons. The van der Waals surface area contributed by atoms with Gasteiger partial charge >= 0.3 is 0 Å². The third kappa shape index (κ3) is 4.56. The van der Waals surface area contributed by atoms with Crippen molar-refractivity contribution in [3.63, 3.8) is 0 Å². The van der Waals surface area contributed by atoms with Crippen molar-refractivity contribution in [1.29, 1.82) is 0 Å². The van der Waals surface area contributed by atoms with Crippen LogP contribution in [0, 0.1) is 5.92 Å². The number of nitrogens with two attached hydrogens (primary N) is 1. The van der Waals surface area contributed by atoms with E-state index in [4.69, 9.17) is 5.73 Å². The second-order valence-electron chi connectivity index (χ2n) is 6.45. The van der Waals surface area contributed by atoms with Gasteiger partial charge in [-0.3, -0.25) is 9.59 Å². The van der Waals surface area contributed by atoms with Crippen molar-refractivity contribution >= 4 is 17.5 Å². The van der Waals surface area contributed by atoms with Crippen molar-refractivity contribution in [2.75, 3.05) is 25.0 Å². The van der Waals surface area contributed by atoms with Crippen LogP contribution in [-0.4, -0.2) is 31.4 Å². The molecule has 0 saturated carbocycles. The molecule has 1 fully saturated rings. The number of carbonyl (C=O) groups excluding carboxylic acids is 2. The van der Waals surface area contributed by atoms with Crippen LogP contribution >= 0.6 is 0 Å². The van der Waals surface area contributed by atoms with E-state index in [1.54, 1.807) is 0 Å². The molecule has 0 aromatic heterocycles. The molecule has 1 saturated heterocycles. The number of hydrogen-bond donors (Lipinski definition) is 3. The summed E-state index contributed by atoms with van der Waals surface area (Å²) in [5.74, 6) is 0.120. The highest BCUT2D eigenvalue weighted by Gasteiger charge is 2.28. The molecule has 1 aliphatic rings. The van der Waals surface area contributed by atoms with Gasteiger partial charge in [0.1, 0.15) is 0 Å². The van der Waals surface area contributed by atoms with Gasteiger partial charge in [0.2, 0.25) is 5.91 Å². The van der Waals surface area contributed by atoms with E-state index in [2.05, 4.69) is 19.2 Å². The van der Waals surface area contributed by atoms with E-state index in [1.807, 2.05) is 24.3 Å². The second kappa shape index (κ2) is 7.40. The van der Waals surface area contributed by atoms with Crippen molar-refractivity contribution in [2.45, 2.75) is 32.6 Å². The Morgan fingerprint density at radius 3 is 2.59 bits per heavy atom. The molecule has 5 heteroatoms. The van der Waals surface area contributed by atoms with Crippen molar-refractivity contribution in [1.82, 2.24) is 0 Å². The maximum atomic E-state index is 12.1. The first-order valence-electron chi connectivity index (χ1n) is 7.98. The highest BCUT2D eigenvalue weighted by Crippen LogP contribution is 2.16. The Morgan fingerprint density at radius 2 is 2.00 bits per heavy atom. The number of hydrogen-bond acceptors (Lipinski definition) is 2. The number of rotatable bonds is 5. The Morgan fingerprint density at radius 1 is 1.32 bits per heavy atom.